The molecule has 144 valence electrons. The van der Waals surface area contributed by atoms with Crippen molar-refractivity contribution in [3.63, 3.8) is 0 Å². The maximum absolute atomic E-state index is 11.5. The lowest BCUT2D eigenvalue weighted by molar-refractivity contribution is -0.118. The lowest BCUT2D eigenvalue weighted by Crippen LogP contribution is -1.98. The number of thioether (sulfide) groups is 1. The van der Waals surface area contributed by atoms with Crippen molar-refractivity contribution in [1.82, 2.24) is 9.97 Å². The Bertz CT molecular complexity index is 912. The minimum Gasteiger partial charge on any atom is -0.481 e. The number of Topliss-reactive ketones (excluding diaryl/α,β-unsaturated/α-hetero) is 1. The molecule has 0 aliphatic heterocycles. The molecule has 0 atom stereocenters. The average molecular weight is 393 g/mol. The molecule has 0 amide bonds. The molecular formula is C23H24N2O2S. The van der Waals surface area contributed by atoms with Gasteiger partial charge in [-0.1, -0.05) is 73.3 Å². The fraction of sp³-hybridized carbons (Fsp3) is 0.261. The summed E-state index contributed by atoms with van der Waals surface area (Å²) in [5, 5.41) is 0.691. The number of aryl methyl sites for hydroxylation is 1. The number of ether oxygens (including phenoxy) is 1. The van der Waals surface area contributed by atoms with Gasteiger partial charge in [-0.3, -0.25) is 4.79 Å². The summed E-state index contributed by atoms with van der Waals surface area (Å²) in [6.07, 6.45) is 2.03. The highest BCUT2D eigenvalue weighted by Gasteiger charge is 2.08. The van der Waals surface area contributed by atoms with Gasteiger partial charge in [-0.15, -0.1) is 0 Å². The van der Waals surface area contributed by atoms with Crippen LogP contribution in [0.25, 0.3) is 11.3 Å². The highest BCUT2D eigenvalue weighted by Crippen LogP contribution is 2.26. The highest BCUT2D eigenvalue weighted by molar-refractivity contribution is 7.98. The first-order valence-corrected chi connectivity index (χ1v) is 10.4. The van der Waals surface area contributed by atoms with Crippen molar-refractivity contribution < 1.29 is 9.53 Å². The molecule has 3 rings (SSSR count). The van der Waals surface area contributed by atoms with E-state index in [1.165, 1.54) is 11.1 Å². The van der Waals surface area contributed by atoms with Crippen LogP contribution >= 0.6 is 11.8 Å². The summed E-state index contributed by atoms with van der Waals surface area (Å²) in [6.45, 7) is 1.91. The molecule has 5 heteroatoms. The maximum atomic E-state index is 11.5. The molecule has 4 nitrogen and oxygen atoms in total. The van der Waals surface area contributed by atoms with E-state index in [4.69, 9.17) is 4.74 Å². The van der Waals surface area contributed by atoms with Crippen LogP contribution in [-0.2, 0) is 17.0 Å². The number of rotatable bonds is 9. The van der Waals surface area contributed by atoms with Gasteiger partial charge in [0.2, 0.25) is 5.88 Å². The molecule has 0 saturated carbocycles. The zero-order valence-corrected chi connectivity index (χ0v) is 17.0. The van der Waals surface area contributed by atoms with Crippen molar-refractivity contribution in [2.24, 2.45) is 0 Å². The van der Waals surface area contributed by atoms with E-state index in [1.54, 1.807) is 18.9 Å². The van der Waals surface area contributed by atoms with Gasteiger partial charge >= 0.3 is 0 Å². The molecule has 0 fully saturated rings. The van der Waals surface area contributed by atoms with E-state index in [1.807, 2.05) is 43.3 Å². The number of methoxy groups -OCH3 is 1. The molecule has 0 N–H and O–H groups in total. The van der Waals surface area contributed by atoms with Crippen molar-refractivity contribution >= 4 is 17.5 Å². The lowest BCUT2D eigenvalue weighted by Gasteiger charge is -2.08. The van der Waals surface area contributed by atoms with Crippen LogP contribution in [-0.4, -0.2) is 22.9 Å². The summed E-state index contributed by atoms with van der Waals surface area (Å²) in [7, 11) is 1.62. The summed E-state index contributed by atoms with van der Waals surface area (Å²) in [5.41, 5.74) is 4.28. The number of hydrogen-bond acceptors (Lipinski definition) is 5. The van der Waals surface area contributed by atoms with Crippen LogP contribution in [0.3, 0.4) is 0 Å². The van der Waals surface area contributed by atoms with Crippen LogP contribution in [0.1, 0.15) is 30.9 Å². The Hall–Kier alpha value is -2.66. The van der Waals surface area contributed by atoms with Crippen LogP contribution in [0, 0.1) is 0 Å². The topological polar surface area (TPSA) is 52.1 Å². The summed E-state index contributed by atoms with van der Waals surface area (Å²) in [6, 6.07) is 20.3. The van der Waals surface area contributed by atoms with Crippen molar-refractivity contribution in [3.05, 3.63) is 71.8 Å². The van der Waals surface area contributed by atoms with E-state index in [0.29, 0.717) is 29.7 Å². The van der Waals surface area contributed by atoms with E-state index < -0.39 is 0 Å². The van der Waals surface area contributed by atoms with Gasteiger partial charge in [0.15, 0.2) is 5.16 Å². The zero-order valence-electron chi connectivity index (χ0n) is 16.2. The third kappa shape index (κ3) is 5.67. The maximum Gasteiger partial charge on any atom is 0.217 e. The molecule has 0 aliphatic carbocycles. The monoisotopic (exact) mass is 392 g/mol. The van der Waals surface area contributed by atoms with E-state index in [9.17, 15) is 4.79 Å². The van der Waals surface area contributed by atoms with Gasteiger partial charge in [0, 0.05) is 30.2 Å². The SMILES string of the molecule is CCC(=O)CCc1ccc(CSc2nc(OC)cc(-c3ccccc3)n2)cc1. The Kier molecular flexibility index (Phi) is 7.20. The minimum absolute atomic E-state index is 0.309. The molecule has 0 radical (unpaired) electrons. The third-order valence-corrected chi connectivity index (χ3v) is 5.36. The van der Waals surface area contributed by atoms with Crippen molar-refractivity contribution in [1.29, 1.82) is 0 Å². The summed E-state index contributed by atoms with van der Waals surface area (Å²) in [4.78, 5) is 20.6. The molecule has 3 aromatic rings. The van der Waals surface area contributed by atoms with Crippen molar-refractivity contribution in [2.45, 2.75) is 37.1 Å². The molecule has 1 aromatic heterocycles. The predicted molar refractivity (Wildman–Crippen MR) is 114 cm³/mol. The highest BCUT2D eigenvalue weighted by atomic mass is 32.2. The Morgan fingerprint density at radius 1 is 1.00 bits per heavy atom. The normalized spacial score (nSPS) is 10.6. The van der Waals surface area contributed by atoms with Crippen LogP contribution in [0.5, 0.6) is 5.88 Å². The second-order valence-electron chi connectivity index (χ2n) is 6.44. The Morgan fingerprint density at radius 2 is 1.71 bits per heavy atom. The average Bonchev–Trinajstić information content (AvgIpc) is 2.77. The van der Waals surface area contributed by atoms with Crippen LogP contribution in [0.15, 0.2) is 65.8 Å². The number of ketones is 1. The number of benzene rings is 2. The standard InChI is InChI=1S/C23H24N2O2S/c1-3-20(26)14-13-17-9-11-18(12-10-17)16-28-23-24-21(15-22(25-23)27-2)19-7-5-4-6-8-19/h4-12,15H,3,13-14,16H2,1-2H3. The van der Waals surface area contributed by atoms with Crippen molar-refractivity contribution in [3.8, 4) is 17.1 Å². The molecule has 0 aliphatic rings. The number of carbonyl (C=O) groups is 1. The molecule has 0 unspecified atom stereocenters. The number of aromatic nitrogens is 2. The minimum atomic E-state index is 0.309. The summed E-state index contributed by atoms with van der Waals surface area (Å²) < 4.78 is 5.35. The quantitative estimate of drug-likeness (QED) is 0.363. The van der Waals surface area contributed by atoms with E-state index in [-0.39, 0.29) is 0 Å². The second kappa shape index (κ2) is 10.0. The van der Waals surface area contributed by atoms with Crippen LogP contribution in [0.2, 0.25) is 0 Å². The van der Waals surface area contributed by atoms with Gasteiger partial charge in [-0.05, 0) is 17.5 Å². The van der Waals surface area contributed by atoms with E-state index >= 15 is 0 Å². The third-order valence-electron chi connectivity index (χ3n) is 4.44. The molecule has 1 heterocycles. The van der Waals surface area contributed by atoms with E-state index in [2.05, 4.69) is 34.2 Å². The molecule has 28 heavy (non-hydrogen) atoms. The van der Waals surface area contributed by atoms with Gasteiger partial charge in [0.1, 0.15) is 5.78 Å². The number of nitrogens with zero attached hydrogens (tertiary/aromatic N) is 2. The van der Waals surface area contributed by atoms with Crippen LogP contribution in [0.4, 0.5) is 0 Å². The zero-order chi connectivity index (χ0) is 19.8. The fourth-order valence-electron chi connectivity index (χ4n) is 2.74. The van der Waals surface area contributed by atoms with Gasteiger partial charge in [-0.2, -0.15) is 4.98 Å². The Labute approximate surface area is 170 Å². The first-order chi connectivity index (χ1) is 13.7. The molecule has 0 spiro atoms. The molecule has 2 aromatic carbocycles. The summed E-state index contributed by atoms with van der Waals surface area (Å²) >= 11 is 1.58. The summed E-state index contributed by atoms with van der Waals surface area (Å²) in [5.74, 6) is 1.64. The molecular weight excluding hydrogens is 368 g/mol. The number of hydrogen-bond donors (Lipinski definition) is 0. The Balaban J connectivity index is 1.66. The van der Waals surface area contributed by atoms with Crippen molar-refractivity contribution in [2.75, 3.05) is 7.11 Å². The smallest absolute Gasteiger partial charge is 0.217 e. The first-order valence-electron chi connectivity index (χ1n) is 9.38. The van der Waals surface area contributed by atoms with Gasteiger partial charge in [0.25, 0.3) is 0 Å². The molecule has 0 saturated heterocycles. The van der Waals surface area contributed by atoms with Gasteiger partial charge < -0.3 is 4.74 Å². The number of carbonyl (C=O) groups excluding carboxylic acids is 1. The first kappa shape index (κ1) is 20.1. The van der Waals surface area contributed by atoms with Gasteiger partial charge in [0.05, 0.1) is 12.8 Å². The van der Waals surface area contributed by atoms with Crippen LogP contribution < -0.4 is 4.74 Å². The lowest BCUT2D eigenvalue weighted by atomic mass is 10.1. The predicted octanol–water partition coefficient (Wildman–Crippen LogP) is 5.36. The van der Waals surface area contributed by atoms with Gasteiger partial charge in [-0.25, -0.2) is 4.98 Å². The second-order valence-corrected chi connectivity index (χ2v) is 7.38. The fourth-order valence-corrected chi connectivity index (χ4v) is 3.55. The molecule has 0 bridgehead atoms. The largest absolute Gasteiger partial charge is 0.481 e. The Morgan fingerprint density at radius 3 is 2.39 bits per heavy atom. The van der Waals surface area contributed by atoms with E-state index in [0.717, 1.165) is 23.4 Å².